The van der Waals surface area contributed by atoms with Crippen LogP contribution in [0.3, 0.4) is 0 Å². The van der Waals surface area contributed by atoms with Gasteiger partial charge in [0.05, 0.1) is 0 Å². The number of piperidine rings is 1. The van der Waals surface area contributed by atoms with E-state index in [1.165, 1.54) is 42.9 Å². The largest absolute Gasteiger partial charge is 0.382 e. The summed E-state index contributed by atoms with van der Waals surface area (Å²) in [5, 5.41) is 3.67. The summed E-state index contributed by atoms with van der Waals surface area (Å²) in [6.07, 6.45) is 4.78. The van der Waals surface area contributed by atoms with Crippen molar-refractivity contribution in [3.63, 3.8) is 0 Å². The van der Waals surface area contributed by atoms with Gasteiger partial charge in [-0.3, -0.25) is 4.90 Å². The summed E-state index contributed by atoms with van der Waals surface area (Å²) < 4.78 is 0. The molecular weight excluding hydrogens is 258 g/mol. The van der Waals surface area contributed by atoms with E-state index in [1.807, 2.05) is 0 Å². The Kier molecular flexibility index (Phi) is 5.68. The van der Waals surface area contributed by atoms with Gasteiger partial charge in [0.1, 0.15) is 0 Å². The Balaban J connectivity index is 1.79. The fourth-order valence-electron chi connectivity index (χ4n) is 2.66. The van der Waals surface area contributed by atoms with E-state index < -0.39 is 0 Å². The number of nitrogens with one attached hydrogen (secondary N) is 1. The molecule has 2 rings (SSSR count). The van der Waals surface area contributed by atoms with Crippen LogP contribution in [-0.4, -0.2) is 44.7 Å². The minimum Gasteiger partial charge on any atom is -0.382 e. The fourth-order valence-corrected chi connectivity index (χ4v) is 2.66. The van der Waals surface area contributed by atoms with Gasteiger partial charge < -0.3 is 10.2 Å². The average Bonchev–Trinajstić information content (AvgIpc) is 2.47. The molecule has 1 aliphatic rings. The first-order valence-corrected chi connectivity index (χ1v) is 7.94. The summed E-state index contributed by atoms with van der Waals surface area (Å²) >= 11 is 0. The van der Waals surface area contributed by atoms with Gasteiger partial charge in [-0.1, -0.05) is 11.6 Å². The van der Waals surface area contributed by atoms with E-state index in [0.717, 1.165) is 6.54 Å². The van der Waals surface area contributed by atoms with Crippen LogP contribution in [-0.2, 0) is 0 Å². The molecule has 1 aromatic carbocycles. The maximum Gasteiger partial charge on any atom is 0.0362 e. The minimum absolute atomic E-state index is 0.609. The molecule has 0 aliphatic carbocycles. The standard InChI is InChI=1S/C18H29N3/c1-15(2)9-12-21-13-10-17(11-14-21)19-16-5-7-18(8-6-16)20(3)4/h5-9,17,19H,10-14H2,1-4H3. The zero-order valence-electron chi connectivity index (χ0n) is 13.9. The third-order valence-corrected chi connectivity index (χ3v) is 4.10. The first-order chi connectivity index (χ1) is 10.0. The Morgan fingerprint density at radius 1 is 1.19 bits per heavy atom. The molecule has 116 valence electrons. The molecule has 0 aromatic heterocycles. The number of hydrogen-bond acceptors (Lipinski definition) is 3. The van der Waals surface area contributed by atoms with Gasteiger partial charge in [-0.25, -0.2) is 0 Å². The van der Waals surface area contributed by atoms with Crippen LogP contribution < -0.4 is 10.2 Å². The van der Waals surface area contributed by atoms with Crippen LogP contribution in [0.15, 0.2) is 35.9 Å². The van der Waals surface area contributed by atoms with Crippen molar-refractivity contribution >= 4 is 11.4 Å². The van der Waals surface area contributed by atoms with Crippen LogP contribution >= 0.6 is 0 Å². The van der Waals surface area contributed by atoms with E-state index in [4.69, 9.17) is 0 Å². The van der Waals surface area contributed by atoms with E-state index >= 15 is 0 Å². The number of likely N-dealkylation sites (tertiary alicyclic amines) is 1. The third-order valence-electron chi connectivity index (χ3n) is 4.10. The molecule has 1 heterocycles. The lowest BCUT2D eigenvalue weighted by Gasteiger charge is -2.32. The van der Waals surface area contributed by atoms with Crippen molar-refractivity contribution in [3.8, 4) is 0 Å². The average molecular weight is 287 g/mol. The van der Waals surface area contributed by atoms with Gasteiger partial charge in [0.25, 0.3) is 0 Å². The van der Waals surface area contributed by atoms with Crippen LogP contribution in [0.2, 0.25) is 0 Å². The second-order valence-corrected chi connectivity index (χ2v) is 6.44. The van der Waals surface area contributed by atoms with Crippen molar-refractivity contribution in [2.24, 2.45) is 0 Å². The fraction of sp³-hybridized carbons (Fsp3) is 0.556. The lowest BCUT2D eigenvalue weighted by Crippen LogP contribution is -2.39. The van der Waals surface area contributed by atoms with Crippen molar-refractivity contribution < 1.29 is 0 Å². The molecule has 0 saturated carbocycles. The summed E-state index contributed by atoms with van der Waals surface area (Å²) in [6, 6.07) is 9.33. The number of hydrogen-bond donors (Lipinski definition) is 1. The van der Waals surface area contributed by atoms with Gasteiger partial charge in [0, 0.05) is 51.1 Å². The van der Waals surface area contributed by atoms with Gasteiger partial charge in [0.15, 0.2) is 0 Å². The molecule has 1 N–H and O–H groups in total. The van der Waals surface area contributed by atoms with Gasteiger partial charge >= 0.3 is 0 Å². The zero-order valence-corrected chi connectivity index (χ0v) is 13.9. The highest BCUT2D eigenvalue weighted by Crippen LogP contribution is 2.19. The molecule has 0 atom stereocenters. The Bertz CT molecular complexity index is 450. The lowest BCUT2D eigenvalue weighted by molar-refractivity contribution is 0.240. The van der Waals surface area contributed by atoms with Crippen molar-refractivity contribution in [2.75, 3.05) is 43.9 Å². The van der Waals surface area contributed by atoms with Crippen LogP contribution in [0.1, 0.15) is 26.7 Å². The summed E-state index contributed by atoms with van der Waals surface area (Å²) in [5.41, 5.74) is 3.90. The predicted octanol–water partition coefficient (Wildman–Crippen LogP) is 3.60. The Labute approximate surface area is 129 Å². The smallest absolute Gasteiger partial charge is 0.0362 e. The molecule has 0 bridgehead atoms. The Morgan fingerprint density at radius 3 is 2.33 bits per heavy atom. The van der Waals surface area contributed by atoms with E-state index in [2.05, 4.69) is 73.4 Å². The molecule has 1 aliphatic heterocycles. The summed E-state index contributed by atoms with van der Waals surface area (Å²) in [5.74, 6) is 0. The van der Waals surface area contributed by atoms with Crippen LogP contribution in [0.4, 0.5) is 11.4 Å². The maximum absolute atomic E-state index is 3.67. The molecule has 0 radical (unpaired) electrons. The van der Waals surface area contributed by atoms with E-state index in [0.29, 0.717) is 6.04 Å². The molecule has 3 nitrogen and oxygen atoms in total. The van der Waals surface area contributed by atoms with Crippen molar-refractivity contribution in [1.29, 1.82) is 0 Å². The number of anilines is 2. The lowest BCUT2D eigenvalue weighted by atomic mass is 10.0. The quantitative estimate of drug-likeness (QED) is 0.835. The van der Waals surface area contributed by atoms with Crippen molar-refractivity contribution in [1.82, 2.24) is 4.90 Å². The van der Waals surface area contributed by atoms with E-state index in [-0.39, 0.29) is 0 Å². The highest BCUT2D eigenvalue weighted by Gasteiger charge is 2.18. The number of nitrogens with zero attached hydrogens (tertiary/aromatic N) is 2. The second kappa shape index (κ2) is 7.51. The number of rotatable bonds is 5. The van der Waals surface area contributed by atoms with E-state index in [1.54, 1.807) is 0 Å². The summed E-state index contributed by atoms with van der Waals surface area (Å²) in [4.78, 5) is 4.67. The van der Waals surface area contributed by atoms with Crippen LogP contribution in [0.5, 0.6) is 0 Å². The topological polar surface area (TPSA) is 18.5 Å². The van der Waals surface area contributed by atoms with Gasteiger partial charge in [-0.2, -0.15) is 0 Å². The van der Waals surface area contributed by atoms with Crippen molar-refractivity contribution in [2.45, 2.75) is 32.7 Å². The third kappa shape index (κ3) is 5.09. The van der Waals surface area contributed by atoms with Crippen molar-refractivity contribution in [3.05, 3.63) is 35.9 Å². The monoisotopic (exact) mass is 287 g/mol. The van der Waals surface area contributed by atoms with E-state index in [9.17, 15) is 0 Å². The van der Waals surface area contributed by atoms with Crippen LogP contribution in [0.25, 0.3) is 0 Å². The molecular formula is C18H29N3. The molecule has 1 fully saturated rings. The van der Waals surface area contributed by atoms with Crippen LogP contribution in [0, 0.1) is 0 Å². The first kappa shape index (κ1) is 15.9. The Hall–Kier alpha value is -1.48. The second-order valence-electron chi connectivity index (χ2n) is 6.44. The predicted molar refractivity (Wildman–Crippen MR) is 93.3 cm³/mol. The highest BCUT2D eigenvalue weighted by molar-refractivity contribution is 5.54. The molecule has 21 heavy (non-hydrogen) atoms. The molecule has 1 saturated heterocycles. The minimum atomic E-state index is 0.609. The Morgan fingerprint density at radius 2 is 1.81 bits per heavy atom. The van der Waals surface area contributed by atoms with Gasteiger partial charge in [0.2, 0.25) is 0 Å². The summed E-state index contributed by atoms with van der Waals surface area (Å²) in [7, 11) is 4.15. The normalized spacial score (nSPS) is 16.6. The first-order valence-electron chi connectivity index (χ1n) is 7.94. The molecule has 1 aromatic rings. The van der Waals surface area contributed by atoms with Gasteiger partial charge in [-0.05, 0) is 51.0 Å². The highest BCUT2D eigenvalue weighted by atomic mass is 15.1. The number of benzene rings is 1. The molecule has 0 spiro atoms. The number of allylic oxidation sites excluding steroid dienone is 1. The maximum atomic E-state index is 3.67. The summed E-state index contributed by atoms with van der Waals surface area (Å²) in [6.45, 7) is 7.83. The molecule has 0 unspecified atom stereocenters. The molecule has 0 amide bonds. The zero-order chi connectivity index (χ0) is 15.2. The van der Waals surface area contributed by atoms with Gasteiger partial charge in [-0.15, -0.1) is 0 Å². The SMILES string of the molecule is CC(C)=CCN1CCC(Nc2ccc(N(C)C)cc2)CC1. The molecule has 3 heteroatoms.